The molecule has 0 saturated heterocycles. The number of aliphatic hydroxyl groups is 1. The van der Waals surface area contributed by atoms with E-state index in [-0.39, 0.29) is 12.5 Å². The van der Waals surface area contributed by atoms with Gasteiger partial charge in [-0.3, -0.25) is 4.79 Å². The molecule has 1 aromatic carbocycles. The Balaban J connectivity index is 2.19. The van der Waals surface area contributed by atoms with Gasteiger partial charge in [-0.15, -0.1) is 0 Å². The van der Waals surface area contributed by atoms with Crippen molar-refractivity contribution < 1.29 is 9.90 Å². The van der Waals surface area contributed by atoms with Gasteiger partial charge in [0.1, 0.15) is 5.15 Å². The third kappa shape index (κ3) is 3.83. The van der Waals surface area contributed by atoms with Gasteiger partial charge in [0.2, 0.25) is 0 Å². The molecule has 1 atom stereocenters. The molecule has 1 unspecified atom stereocenters. The van der Waals surface area contributed by atoms with Crippen LogP contribution >= 0.6 is 11.6 Å². The van der Waals surface area contributed by atoms with E-state index in [0.717, 1.165) is 5.56 Å². The number of hydrogen-bond acceptors (Lipinski definition) is 3. The van der Waals surface area contributed by atoms with Crippen molar-refractivity contribution in [1.29, 1.82) is 0 Å². The third-order valence-corrected chi connectivity index (χ3v) is 3.41. The summed E-state index contributed by atoms with van der Waals surface area (Å²) in [5, 5.41) is 16.5. The van der Waals surface area contributed by atoms with Crippen LogP contribution in [0.2, 0.25) is 5.15 Å². The van der Waals surface area contributed by atoms with Gasteiger partial charge in [-0.2, -0.15) is 5.10 Å². The Morgan fingerprint density at radius 3 is 2.71 bits per heavy atom. The maximum absolute atomic E-state index is 12.1. The van der Waals surface area contributed by atoms with Gasteiger partial charge in [0.15, 0.2) is 0 Å². The summed E-state index contributed by atoms with van der Waals surface area (Å²) in [6, 6.07) is 9.77. The first-order chi connectivity index (χ1) is 9.99. The predicted octanol–water partition coefficient (Wildman–Crippen LogP) is 2.00. The minimum atomic E-state index is -0.604. The molecule has 2 aromatic rings. The number of aromatic nitrogens is 2. The van der Waals surface area contributed by atoms with Gasteiger partial charge in [-0.25, -0.2) is 4.68 Å². The van der Waals surface area contributed by atoms with Crippen molar-refractivity contribution in [3.05, 3.63) is 52.3 Å². The predicted molar refractivity (Wildman–Crippen MR) is 81.5 cm³/mol. The Hall–Kier alpha value is -1.85. The molecule has 2 N–H and O–H groups in total. The highest BCUT2D eigenvalue weighted by Gasteiger charge is 2.20. The summed E-state index contributed by atoms with van der Waals surface area (Å²) in [6.07, 6.45) is -0.604. The van der Waals surface area contributed by atoms with Crippen LogP contribution in [0.3, 0.4) is 0 Å². The van der Waals surface area contributed by atoms with E-state index in [1.807, 2.05) is 30.3 Å². The minimum absolute atomic E-state index is 0.179. The Kier molecular flexibility index (Phi) is 4.98. The Morgan fingerprint density at radius 1 is 1.43 bits per heavy atom. The number of aliphatic hydroxyl groups excluding tert-OH is 1. The zero-order chi connectivity index (χ0) is 15.4. The van der Waals surface area contributed by atoms with E-state index in [0.29, 0.717) is 23.0 Å². The van der Waals surface area contributed by atoms with Crippen molar-refractivity contribution in [1.82, 2.24) is 15.1 Å². The third-order valence-electron chi connectivity index (χ3n) is 3.03. The first-order valence-electron chi connectivity index (χ1n) is 6.72. The first kappa shape index (κ1) is 15.5. The van der Waals surface area contributed by atoms with Gasteiger partial charge in [0, 0.05) is 6.54 Å². The number of rotatable bonds is 5. The van der Waals surface area contributed by atoms with E-state index in [1.54, 1.807) is 18.5 Å². The first-order valence-corrected chi connectivity index (χ1v) is 7.10. The maximum atomic E-state index is 12.1. The number of nitrogens with one attached hydrogen (secondary N) is 1. The quantitative estimate of drug-likeness (QED) is 0.888. The standard InChI is InChI=1S/C15H18ClN3O2/c1-10(20)8-17-15(21)13-11(2)18-19(14(13)16)9-12-6-4-3-5-7-12/h3-7,10,20H,8-9H2,1-2H3,(H,17,21). The summed E-state index contributed by atoms with van der Waals surface area (Å²) >= 11 is 6.27. The number of nitrogens with zero attached hydrogens (tertiary/aromatic N) is 2. The SMILES string of the molecule is Cc1nn(Cc2ccccc2)c(Cl)c1C(=O)NCC(C)O. The van der Waals surface area contributed by atoms with Crippen molar-refractivity contribution in [2.45, 2.75) is 26.5 Å². The van der Waals surface area contributed by atoms with Crippen molar-refractivity contribution in [3.63, 3.8) is 0 Å². The molecule has 0 aliphatic rings. The molecule has 1 aromatic heterocycles. The van der Waals surface area contributed by atoms with Crippen LogP contribution in [0.5, 0.6) is 0 Å². The topological polar surface area (TPSA) is 67.2 Å². The van der Waals surface area contributed by atoms with Crippen LogP contribution in [0.15, 0.2) is 30.3 Å². The van der Waals surface area contributed by atoms with Gasteiger partial charge >= 0.3 is 0 Å². The Labute approximate surface area is 128 Å². The highest BCUT2D eigenvalue weighted by molar-refractivity contribution is 6.33. The summed E-state index contributed by atoms with van der Waals surface area (Å²) in [6.45, 7) is 4.03. The van der Waals surface area contributed by atoms with Crippen molar-refractivity contribution >= 4 is 17.5 Å². The van der Waals surface area contributed by atoms with Gasteiger partial charge in [-0.05, 0) is 19.4 Å². The fourth-order valence-electron chi connectivity index (χ4n) is 2.00. The Bertz CT molecular complexity index is 623. The van der Waals surface area contributed by atoms with E-state index in [2.05, 4.69) is 10.4 Å². The lowest BCUT2D eigenvalue weighted by Gasteiger charge is -2.07. The fraction of sp³-hybridized carbons (Fsp3) is 0.333. The van der Waals surface area contributed by atoms with Crippen LogP contribution in [0, 0.1) is 6.92 Å². The normalized spacial score (nSPS) is 12.2. The lowest BCUT2D eigenvalue weighted by atomic mass is 10.2. The van der Waals surface area contributed by atoms with Gasteiger partial charge < -0.3 is 10.4 Å². The van der Waals surface area contributed by atoms with E-state index >= 15 is 0 Å². The smallest absolute Gasteiger partial charge is 0.256 e. The van der Waals surface area contributed by atoms with E-state index < -0.39 is 6.10 Å². The van der Waals surface area contributed by atoms with Crippen LogP contribution in [-0.2, 0) is 6.54 Å². The van der Waals surface area contributed by atoms with Gasteiger partial charge in [0.05, 0.1) is 23.9 Å². The van der Waals surface area contributed by atoms with Gasteiger partial charge in [0.25, 0.3) is 5.91 Å². The lowest BCUT2D eigenvalue weighted by molar-refractivity contribution is 0.0923. The summed E-state index contributed by atoms with van der Waals surface area (Å²) in [5.74, 6) is -0.322. The average Bonchev–Trinajstić information content (AvgIpc) is 2.72. The number of halogens is 1. The van der Waals surface area contributed by atoms with E-state index in [4.69, 9.17) is 11.6 Å². The monoisotopic (exact) mass is 307 g/mol. The molecule has 1 heterocycles. The molecule has 0 fully saturated rings. The van der Waals surface area contributed by atoms with Crippen LogP contribution in [0.25, 0.3) is 0 Å². The minimum Gasteiger partial charge on any atom is -0.392 e. The van der Waals surface area contributed by atoms with Crippen molar-refractivity contribution in [3.8, 4) is 0 Å². The fourth-order valence-corrected chi connectivity index (χ4v) is 2.32. The summed E-state index contributed by atoms with van der Waals surface area (Å²) in [5.41, 5.74) is 1.98. The van der Waals surface area contributed by atoms with Crippen molar-refractivity contribution in [2.24, 2.45) is 0 Å². The molecule has 1 amide bonds. The molecule has 6 heteroatoms. The second-order valence-corrected chi connectivity index (χ2v) is 5.31. The lowest BCUT2D eigenvalue weighted by Crippen LogP contribution is -2.30. The molecule has 2 rings (SSSR count). The molecule has 5 nitrogen and oxygen atoms in total. The van der Waals surface area contributed by atoms with Crippen molar-refractivity contribution in [2.75, 3.05) is 6.54 Å². The van der Waals surface area contributed by atoms with Crippen LogP contribution in [0.1, 0.15) is 28.5 Å². The molecule has 0 bridgehead atoms. The summed E-state index contributed by atoms with van der Waals surface area (Å²) in [7, 11) is 0. The zero-order valence-corrected chi connectivity index (χ0v) is 12.8. The molecular weight excluding hydrogens is 290 g/mol. The number of carbonyl (C=O) groups excluding carboxylic acids is 1. The second kappa shape index (κ2) is 6.74. The summed E-state index contributed by atoms with van der Waals surface area (Å²) < 4.78 is 1.60. The maximum Gasteiger partial charge on any atom is 0.256 e. The van der Waals surface area contributed by atoms with E-state index in [1.165, 1.54) is 0 Å². The zero-order valence-electron chi connectivity index (χ0n) is 12.0. The molecule has 0 aliphatic heterocycles. The van der Waals surface area contributed by atoms with E-state index in [9.17, 15) is 9.90 Å². The summed E-state index contributed by atoms with van der Waals surface area (Å²) in [4.78, 5) is 12.1. The molecular formula is C15H18ClN3O2. The number of hydrogen-bond donors (Lipinski definition) is 2. The molecule has 0 saturated carbocycles. The Morgan fingerprint density at radius 2 is 2.10 bits per heavy atom. The van der Waals surface area contributed by atoms with Gasteiger partial charge in [-0.1, -0.05) is 41.9 Å². The van der Waals surface area contributed by atoms with Crippen LogP contribution in [0.4, 0.5) is 0 Å². The average molecular weight is 308 g/mol. The highest BCUT2D eigenvalue weighted by Crippen LogP contribution is 2.20. The number of aryl methyl sites for hydroxylation is 1. The van der Waals surface area contributed by atoms with Crippen LogP contribution in [-0.4, -0.2) is 33.4 Å². The number of benzene rings is 1. The molecule has 0 aliphatic carbocycles. The molecule has 21 heavy (non-hydrogen) atoms. The largest absolute Gasteiger partial charge is 0.392 e. The van der Waals surface area contributed by atoms with Crippen LogP contribution < -0.4 is 5.32 Å². The number of amides is 1. The molecule has 112 valence electrons. The number of carbonyl (C=O) groups is 1. The second-order valence-electron chi connectivity index (χ2n) is 4.95. The molecule has 0 radical (unpaired) electrons. The molecule has 0 spiro atoms. The highest BCUT2D eigenvalue weighted by atomic mass is 35.5.